The fourth-order valence-corrected chi connectivity index (χ4v) is 2.69. The minimum absolute atomic E-state index is 0.000667. The summed E-state index contributed by atoms with van der Waals surface area (Å²) in [5, 5.41) is 12.6. The summed E-state index contributed by atoms with van der Waals surface area (Å²) in [6.07, 6.45) is -4.89. The fraction of sp³-hybridized carbons (Fsp3) is 0.818. The maximum absolute atomic E-state index is 12.2. The minimum atomic E-state index is -4.68. The lowest BCUT2D eigenvalue weighted by Gasteiger charge is -2.14. The Bertz CT molecular complexity index is 462. The van der Waals surface area contributed by atoms with Crippen molar-refractivity contribution in [3.63, 3.8) is 0 Å². The minimum Gasteiger partial charge on any atom is -0.383 e. The Labute approximate surface area is 106 Å². The van der Waals surface area contributed by atoms with Crippen LogP contribution in [0.2, 0.25) is 0 Å². The predicted octanol–water partition coefficient (Wildman–Crippen LogP) is 1.57. The van der Waals surface area contributed by atoms with Crippen LogP contribution in [0, 0.1) is 0 Å². The van der Waals surface area contributed by atoms with E-state index in [1.165, 1.54) is 0 Å². The molecule has 4 atom stereocenters. The van der Waals surface area contributed by atoms with Crippen molar-refractivity contribution in [3.05, 3.63) is 11.7 Å². The summed E-state index contributed by atoms with van der Waals surface area (Å²) >= 11 is 0. The molecule has 3 heterocycles. The molecular formula is C11H13F3N2O3. The number of nitrogens with zero attached hydrogens (tertiary/aromatic N) is 2. The van der Waals surface area contributed by atoms with Gasteiger partial charge in [0.05, 0.1) is 24.5 Å². The normalized spacial score (nSPS) is 31.9. The van der Waals surface area contributed by atoms with Crippen LogP contribution in [0.4, 0.5) is 13.2 Å². The molecule has 0 saturated carbocycles. The van der Waals surface area contributed by atoms with Gasteiger partial charge in [0.2, 0.25) is 5.89 Å². The van der Waals surface area contributed by atoms with Crippen molar-refractivity contribution in [1.29, 1.82) is 0 Å². The molecular weight excluding hydrogens is 265 g/mol. The smallest absolute Gasteiger partial charge is 0.383 e. The summed E-state index contributed by atoms with van der Waals surface area (Å²) in [5.74, 6) is 0.193. The molecule has 0 amide bonds. The van der Waals surface area contributed by atoms with Crippen LogP contribution in [0.3, 0.4) is 0 Å². The number of fused-ring (bicyclic) bond motifs is 2. The lowest BCUT2D eigenvalue weighted by Crippen LogP contribution is -2.30. The third kappa shape index (κ3) is 2.46. The quantitative estimate of drug-likeness (QED) is 0.909. The van der Waals surface area contributed by atoms with Crippen LogP contribution < -0.4 is 0 Å². The molecule has 106 valence electrons. The van der Waals surface area contributed by atoms with E-state index < -0.39 is 18.7 Å². The van der Waals surface area contributed by atoms with E-state index in [9.17, 15) is 13.2 Å². The number of hydrogen-bond acceptors (Lipinski definition) is 5. The van der Waals surface area contributed by atoms with Gasteiger partial charge in [0, 0.05) is 0 Å². The largest absolute Gasteiger partial charge is 0.414 e. The number of aliphatic hydroxyl groups is 1. The molecule has 19 heavy (non-hydrogen) atoms. The molecule has 0 spiro atoms. The standard InChI is InChI=1S/C11H13F3N2O3/c12-11(13,14)8(17)4-9-15-10(16-19-9)6-3-5-1-2-7(6)18-5/h5-8,17H,1-4H2. The summed E-state index contributed by atoms with van der Waals surface area (Å²) < 4.78 is 47.0. The molecule has 2 aliphatic heterocycles. The summed E-state index contributed by atoms with van der Waals surface area (Å²) in [6.45, 7) is 0. The Balaban J connectivity index is 1.67. The fourth-order valence-electron chi connectivity index (χ4n) is 2.69. The van der Waals surface area contributed by atoms with Crippen LogP contribution in [-0.2, 0) is 11.2 Å². The van der Waals surface area contributed by atoms with E-state index in [1.54, 1.807) is 0 Å². The molecule has 3 rings (SSSR count). The van der Waals surface area contributed by atoms with Gasteiger partial charge in [-0.15, -0.1) is 0 Å². The van der Waals surface area contributed by atoms with Crippen molar-refractivity contribution >= 4 is 0 Å². The Kier molecular flexibility index (Phi) is 3.01. The zero-order valence-electron chi connectivity index (χ0n) is 9.93. The Morgan fingerprint density at radius 3 is 2.74 bits per heavy atom. The Hall–Kier alpha value is -1.15. The highest BCUT2D eigenvalue weighted by molar-refractivity contribution is 5.07. The molecule has 4 unspecified atom stereocenters. The Morgan fingerprint density at radius 1 is 1.37 bits per heavy atom. The maximum atomic E-state index is 12.2. The van der Waals surface area contributed by atoms with E-state index in [1.807, 2.05) is 0 Å². The van der Waals surface area contributed by atoms with Gasteiger partial charge in [-0.25, -0.2) is 0 Å². The van der Waals surface area contributed by atoms with Crippen LogP contribution in [-0.4, -0.2) is 39.7 Å². The molecule has 1 aromatic rings. The average molecular weight is 278 g/mol. The highest BCUT2D eigenvalue weighted by Gasteiger charge is 2.44. The first-order chi connectivity index (χ1) is 8.93. The van der Waals surface area contributed by atoms with E-state index in [4.69, 9.17) is 14.4 Å². The van der Waals surface area contributed by atoms with Gasteiger partial charge in [0.1, 0.15) is 0 Å². The number of aliphatic hydroxyl groups excluding tert-OH is 1. The van der Waals surface area contributed by atoms with Crippen LogP contribution in [0.15, 0.2) is 4.52 Å². The zero-order chi connectivity index (χ0) is 13.6. The zero-order valence-corrected chi connectivity index (χ0v) is 9.93. The van der Waals surface area contributed by atoms with Crippen molar-refractivity contribution < 1.29 is 27.5 Å². The molecule has 1 N–H and O–H groups in total. The van der Waals surface area contributed by atoms with Crippen LogP contribution in [0.1, 0.15) is 36.9 Å². The summed E-state index contributed by atoms with van der Waals surface area (Å²) in [5.41, 5.74) is 0. The second-order valence-electron chi connectivity index (χ2n) is 5.02. The van der Waals surface area contributed by atoms with Crippen LogP contribution in [0.25, 0.3) is 0 Å². The van der Waals surface area contributed by atoms with Gasteiger partial charge in [-0.2, -0.15) is 18.2 Å². The molecule has 2 fully saturated rings. The molecule has 2 saturated heterocycles. The van der Waals surface area contributed by atoms with Gasteiger partial charge >= 0.3 is 6.18 Å². The third-order valence-electron chi connectivity index (χ3n) is 3.67. The van der Waals surface area contributed by atoms with Crippen LogP contribution >= 0.6 is 0 Å². The van der Waals surface area contributed by atoms with E-state index in [0.717, 1.165) is 19.3 Å². The predicted molar refractivity (Wildman–Crippen MR) is 55.3 cm³/mol. The first kappa shape index (κ1) is 12.9. The van der Waals surface area contributed by atoms with Gasteiger partial charge in [0.15, 0.2) is 11.9 Å². The molecule has 1 aromatic heterocycles. The molecule has 0 radical (unpaired) electrons. The topological polar surface area (TPSA) is 68.4 Å². The lowest BCUT2D eigenvalue weighted by molar-refractivity contribution is -0.204. The van der Waals surface area contributed by atoms with Crippen molar-refractivity contribution in [2.75, 3.05) is 0 Å². The lowest BCUT2D eigenvalue weighted by atomic mass is 9.89. The monoisotopic (exact) mass is 278 g/mol. The van der Waals surface area contributed by atoms with E-state index in [0.29, 0.717) is 5.82 Å². The summed E-state index contributed by atoms with van der Waals surface area (Å²) in [7, 11) is 0. The highest BCUT2D eigenvalue weighted by atomic mass is 19.4. The van der Waals surface area contributed by atoms with Crippen LogP contribution in [0.5, 0.6) is 0 Å². The van der Waals surface area contributed by atoms with Gasteiger partial charge in [-0.3, -0.25) is 0 Å². The molecule has 5 nitrogen and oxygen atoms in total. The number of alkyl halides is 3. The van der Waals surface area contributed by atoms with Crippen molar-refractivity contribution in [2.24, 2.45) is 0 Å². The average Bonchev–Trinajstić information content (AvgIpc) is 3.02. The number of hydrogen-bond donors (Lipinski definition) is 1. The van der Waals surface area contributed by atoms with E-state index in [2.05, 4.69) is 10.1 Å². The van der Waals surface area contributed by atoms with Crippen molar-refractivity contribution in [2.45, 2.75) is 56.1 Å². The second-order valence-corrected chi connectivity index (χ2v) is 5.02. The van der Waals surface area contributed by atoms with Gasteiger partial charge in [-0.1, -0.05) is 5.16 Å². The molecule has 2 bridgehead atoms. The molecule has 2 aliphatic rings. The number of ether oxygens (including phenoxy) is 1. The first-order valence-electron chi connectivity index (χ1n) is 6.16. The molecule has 0 aliphatic carbocycles. The maximum Gasteiger partial charge on any atom is 0.414 e. The summed E-state index contributed by atoms with van der Waals surface area (Å²) in [6, 6.07) is 0. The second kappa shape index (κ2) is 4.45. The first-order valence-corrected chi connectivity index (χ1v) is 6.16. The third-order valence-corrected chi connectivity index (χ3v) is 3.67. The molecule has 0 aromatic carbocycles. The number of halogens is 3. The van der Waals surface area contributed by atoms with Gasteiger partial charge in [0.25, 0.3) is 0 Å². The molecule has 8 heteroatoms. The van der Waals surface area contributed by atoms with Crippen molar-refractivity contribution in [1.82, 2.24) is 10.1 Å². The Morgan fingerprint density at radius 2 is 2.16 bits per heavy atom. The van der Waals surface area contributed by atoms with E-state index in [-0.39, 0.29) is 24.0 Å². The number of aromatic nitrogens is 2. The number of rotatable bonds is 3. The van der Waals surface area contributed by atoms with Crippen molar-refractivity contribution in [3.8, 4) is 0 Å². The SMILES string of the molecule is OC(Cc1nc(C2CC3CCC2O3)no1)C(F)(F)F. The summed E-state index contributed by atoms with van der Waals surface area (Å²) in [4.78, 5) is 3.95. The van der Waals surface area contributed by atoms with E-state index >= 15 is 0 Å². The van der Waals surface area contributed by atoms with Gasteiger partial charge < -0.3 is 14.4 Å². The highest BCUT2D eigenvalue weighted by Crippen LogP contribution is 2.43. The van der Waals surface area contributed by atoms with Gasteiger partial charge in [-0.05, 0) is 19.3 Å².